The van der Waals surface area contributed by atoms with Crippen molar-refractivity contribution in [1.29, 1.82) is 0 Å². The fourth-order valence-electron chi connectivity index (χ4n) is 3.11. The quantitative estimate of drug-likeness (QED) is 0.796. The number of pyridine rings is 1. The Hall–Kier alpha value is -2.95. The molecule has 0 saturated carbocycles. The Kier molecular flexibility index (Phi) is 3.83. The van der Waals surface area contributed by atoms with E-state index in [0.29, 0.717) is 5.76 Å². The second kappa shape index (κ2) is 6.28. The van der Waals surface area contributed by atoms with E-state index in [1.807, 2.05) is 24.3 Å². The zero-order valence-electron chi connectivity index (χ0n) is 13.2. The minimum Gasteiger partial charge on any atom is -0.355 e. The molecule has 0 aliphatic heterocycles. The third-order valence-corrected chi connectivity index (χ3v) is 4.33. The van der Waals surface area contributed by atoms with E-state index in [9.17, 15) is 4.79 Å². The number of anilines is 1. The van der Waals surface area contributed by atoms with Gasteiger partial charge in [0.05, 0.1) is 0 Å². The van der Waals surface area contributed by atoms with Crippen LogP contribution >= 0.6 is 0 Å². The van der Waals surface area contributed by atoms with Crippen LogP contribution in [0.15, 0.2) is 53.3 Å². The number of benzene rings is 1. The topological polar surface area (TPSA) is 68.0 Å². The van der Waals surface area contributed by atoms with Gasteiger partial charge in [-0.05, 0) is 55.0 Å². The lowest BCUT2D eigenvalue weighted by Gasteiger charge is -2.19. The Morgan fingerprint density at radius 2 is 2.04 bits per heavy atom. The predicted molar refractivity (Wildman–Crippen MR) is 90.8 cm³/mol. The lowest BCUT2D eigenvalue weighted by Crippen LogP contribution is -2.15. The van der Waals surface area contributed by atoms with Crippen molar-refractivity contribution in [2.45, 2.75) is 25.7 Å². The monoisotopic (exact) mass is 319 g/mol. The molecule has 1 aromatic carbocycles. The van der Waals surface area contributed by atoms with E-state index in [-0.39, 0.29) is 11.6 Å². The van der Waals surface area contributed by atoms with Gasteiger partial charge in [-0.15, -0.1) is 0 Å². The first-order valence-corrected chi connectivity index (χ1v) is 8.10. The van der Waals surface area contributed by atoms with Crippen LogP contribution < -0.4 is 5.32 Å². The highest BCUT2D eigenvalue weighted by molar-refractivity contribution is 6.03. The van der Waals surface area contributed by atoms with E-state index in [0.717, 1.165) is 30.5 Å². The molecule has 0 spiro atoms. The fourth-order valence-corrected chi connectivity index (χ4v) is 3.11. The maximum absolute atomic E-state index is 12.5. The molecule has 0 bridgehead atoms. The Bertz CT molecular complexity index is 871. The summed E-state index contributed by atoms with van der Waals surface area (Å²) in [6, 6.07) is 11.4. The van der Waals surface area contributed by atoms with E-state index in [4.69, 9.17) is 4.52 Å². The number of fused-ring (bicyclic) bond motifs is 1. The first kappa shape index (κ1) is 14.6. The summed E-state index contributed by atoms with van der Waals surface area (Å²) < 4.78 is 5.27. The zero-order chi connectivity index (χ0) is 16.4. The standard InChI is InChI=1S/C19H17N3O2/c23-19(17-11-18(24-22-17)14-7-4-10-20-12-14)21-16-9-3-6-13-5-1-2-8-15(13)16/h3-4,6-7,9-12H,1-2,5,8H2,(H,21,23). The van der Waals surface area contributed by atoms with Crippen molar-refractivity contribution >= 4 is 11.6 Å². The van der Waals surface area contributed by atoms with Gasteiger partial charge in [0.25, 0.3) is 5.91 Å². The number of amides is 1. The number of aryl methyl sites for hydroxylation is 1. The summed E-state index contributed by atoms with van der Waals surface area (Å²) in [6.07, 6.45) is 7.82. The average molecular weight is 319 g/mol. The van der Waals surface area contributed by atoms with Gasteiger partial charge in [0.1, 0.15) is 0 Å². The van der Waals surface area contributed by atoms with Crippen LogP contribution in [0, 0.1) is 0 Å². The number of carbonyl (C=O) groups excluding carboxylic acids is 1. The van der Waals surface area contributed by atoms with Gasteiger partial charge in [0.2, 0.25) is 0 Å². The minimum atomic E-state index is -0.257. The van der Waals surface area contributed by atoms with Crippen LogP contribution in [0.3, 0.4) is 0 Å². The fraction of sp³-hybridized carbons (Fsp3) is 0.211. The summed E-state index contributed by atoms with van der Waals surface area (Å²) >= 11 is 0. The minimum absolute atomic E-state index is 0.257. The molecule has 1 N–H and O–H groups in total. The molecule has 1 aliphatic rings. The number of hydrogen-bond donors (Lipinski definition) is 1. The van der Waals surface area contributed by atoms with Crippen molar-refractivity contribution in [2.24, 2.45) is 0 Å². The number of nitrogens with one attached hydrogen (secondary N) is 1. The van der Waals surface area contributed by atoms with Gasteiger partial charge in [-0.2, -0.15) is 0 Å². The second-order valence-corrected chi connectivity index (χ2v) is 5.92. The molecule has 2 aromatic heterocycles. The van der Waals surface area contributed by atoms with Crippen molar-refractivity contribution in [3.8, 4) is 11.3 Å². The van der Waals surface area contributed by atoms with Gasteiger partial charge < -0.3 is 9.84 Å². The lowest BCUT2D eigenvalue weighted by atomic mass is 9.90. The maximum Gasteiger partial charge on any atom is 0.277 e. The molecule has 1 amide bonds. The number of nitrogens with zero attached hydrogens (tertiary/aromatic N) is 2. The summed E-state index contributed by atoms with van der Waals surface area (Å²) in [6.45, 7) is 0. The van der Waals surface area contributed by atoms with E-state index < -0.39 is 0 Å². The van der Waals surface area contributed by atoms with Gasteiger partial charge in [0.15, 0.2) is 11.5 Å². The predicted octanol–water partition coefficient (Wildman–Crippen LogP) is 3.87. The Labute approximate surface area is 139 Å². The van der Waals surface area contributed by atoms with Crippen LogP contribution in [0.25, 0.3) is 11.3 Å². The van der Waals surface area contributed by atoms with Crippen molar-refractivity contribution < 1.29 is 9.32 Å². The van der Waals surface area contributed by atoms with Crippen LogP contribution in [0.2, 0.25) is 0 Å². The largest absolute Gasteiger partial charge is 0.355 e. The van der Waals surface area contributed by atoms with Crippen molar-refractivity contribution in [2.75, 3.05) is 5.32 Å². The van der Waals surface area contributed by atoms with Crippen LogP contribution in [-0.2, 0) is 12.8 Å². The molecule has 5 heteroatoms. The first-order valence-electron chi connectivity index (χ1n) is 8.10. The lowest BCUT2D eigenvalue weighted by molar-refractivity contribution is 0.101. The molecule has 120 valence electrons. The van der Waals surface area contributed by atoms with Crippen LogP contribution in [0.1, 0.15) is 34.5 Å². The zero-order valence-corrected chi connectivity index (χ0v) is 13.2. The highest BCUT2D eigenvalue weighted by Crippen LogP contribution is 2.28. The number of aromatic nitrogens is 2. The summed E-state index contributed by atoms with van der Waals surface area (Å²) in [5.41, 5.74) is 4.51. The van der Waals surface area contributed by atoms with Gasteiger partial charge in [-0.25, -0.2) is 0 Å². The third kappa shape index (κ3) is 2.80. The SMILES string of the molecule is O=C(Nc1cccc2c1CCCC2)c1cc(-c2cccnc2)on1. The van der Waals surface area contributed by atoms with Gasteiger partial charge in [0, 0.05) is 29.7 Å². The first-order chi connectivity index (χ1) is 11.8. The maximum atomic E-state index is 12.5. The highest BCUT2D eigenvalue weighted by atomic mass is 16.5. The molecule has 3 aromatic rings. The average Bonchev–Trinajstić information content (AvgIpc) is 3.13. The van der Waals surface area contributed by atoms with Crippen LogP contribution in [-0.4, -0.2) is 16.0 Å². The Balaban J connectivity index is 1.56. The van der Waals surface area contributed by atoms with Crippen LogP contribution in [0.4, 0.5) is 5.69 Å². The molecule has 0 atom stereocenters. The second-order valence-electron chi connectivity index (χ2n) is 5.92. The molecule has 1 aliphatic carbocycles. The molecular formula is C19H17N3O2. The smallest absolute Gasteiger partial charge is 0.277 e. The van der Waals surface area contributed by atoms with Gasteiger partial charge in [-0.1, -0.05) is 17.3 Å². The van der Waals surface area contributed by atoms with E-state index in [1.54, 1.807) is 18.5 Å². The van der Waals surface area contributed by atoms with Gasteiger partial charge >= 0.3 is 0 Å². The van der Waals surface area contributed by atoms with Crippen molar-refractivity contribution in [3.63, 3.8) is 0 Å². The highest BCUT2D eigenvalue weighted by Gasteiger charge is 2.18. The van der Waals surface area contributed by atoms with Gasteiger partial charge in [-0.3, -0.25) is 9.78 Å². The molecule has 0 saturated heterocycles. The number of carbonyl (C=O) groups is 1. The molecule has 0 fully saturated rings. The molecule has 2 heterocycles. The van der Waals surface area contributed by atoms with E-state index in [2.05, 4.69) is 21.5 Å². The molecule has 0 radical (unpaired) electrons. The summed E-state index contributed by atoms with van der Waals surface area (Å²) in [4.78, 5) is 16.5. The number of rotatable bonds is 3. The summed E-state index contributed by atoms with van der Waals surface area (Å²) in [5, 5.41) is 6.86. The van der Waals surface area contributed by atoms with Crippen molar-refractivity contribution in [3.05, 3.63) is 65.6 Å². The molecule has 24 heavy (non-hydrogen) atoms. The number of hydrogen-bond acceptors (Lipinski definition) is 4. The molecule has 4 rings (SSSR count). The molecule has 0 unspecified atom stereocenters. The van der Waals surface area contributed by atoms with Crippen LogP contribution in [0.5, 0.6) is 0 Å². The van der Waals surface area contributed by atoms with E-state index in [1.165, 1.54) is 17.5 Å². The Morgan fingerprint density at radius 1 is 1.12 bits per heavy atom. The summed E-state index contributed by atoms with van der Waals surface area (Å²) in [5.74, 6) is 0.274. The van der Waals surface area contributed by atoms with Crippen molar-refractivity contribution in [1.82, 2.24) is 10.1 Å². The molecular weight excluding hydrogens is 302 g/mol. The normalized spacial score (nSPS) is 13.3. The summed E-state index contributed by atoms with van der Waals surface area (Å²) in [7, 11) is 0. The molecule has 5 nitrogen and oxygen atoms in total. The Morgan fingerprint density at radius 3 is 2.92 bits per heavy atom. The third-order valence-electron chi connectivity index (χ3n) is 4.33. The van der Waals surface area contributed by atoms with E-state index >= 15 is 0 Å².